The minimum Gasteiger partial charge on any atom is -0.497 e. The number of aryl methyl sites for hydroxylation is 1. The van der Waals surface area contributed by atoms with Crippen LogP contribution in [0.25, 0.3) is 27.6 Å². The molecule has 0 unspecified atom stereocenters. The van der Waals surface area contributed by atoms with Gasteiger partial charge in [0, 0.05) is 30.2 Å². The number of nitrogens with zero attached hydrogens (tertiary/aromatic N) is 6. The molecule has 0 saturated carbocycles. The van der Waals surface area contributed by atoms with E-state index in [4.69, 9.17) is 16.3 Å². The topological polar surface area (TPSA) is 162 Å². The smallest absolute Gasteiger partial charge is 0.405 e. The lowest BCUT2D eigenvalue weighted by atomic mass is 10.0. The van der Waals surface area contributed by atoms with Gasteiger partial charge >= 0.3 is 6.09 Å². The number of benzene rings is 3. The number of nitrogens with one attached hydrogen (secondary N) is 1. The highest BCUT2D eigenvalue weighted by Crippen LogP contribution is 2.38. The summed E-state index contributed by atoms with van der Waals surface area (Å²) in [6.45, 7) is -0.132. The minimum atomic E-state index is -3.99. The van der Waals surface area contributed by atoms with Gasteiger partial charge in [0.15, 0.2) is 11.5 Å². The molecule has 2 N–H and O–H groups in total. The van der Waals surface area contributed by atoms with Gasteiger partial charge in [-0.15, -0.1) is 0 Å². The number of fused-ring (bicyclic) bond motifs is 2. The Labute approximate surface area is 302 Å². The number of ether oxygens (including phenoxy) is 1. The Morgan fingerprint density at radius 3 is 2.41 bits per heavy atom. The van der Waals surface area contributed by atoms with Crippen molar-refractivity contribution in [2.45, 2.75) is 19.0 Å². The second-order valence-corrected chi connectivity index (χ2v) is 14.7. The van der Waals surface area contributed by atoms with Crippen molar-refractivity contribution in [1.29, 1.82) is 0 Å². The Kier molecular flexibility index (Phi) is 9.71. The Bertz CT molecular complexity index is 2490. The molecule has 0 fully saturated rings. The maximum Gasteiger partial charge on any atom is 0.405 e. The fourth-order valence-electron chi connectivity index (χ4n) is 5.79. The van der Waals surface area contributed by atoms with Crippen LogP contribution >= 0.6 is 27.5 Å². The summed E-state index contributed by atoms with van der Waals surface area (Å²) in [5.41, 5.74) is 0.262. The van der Waals surface area contributed by atoms with Gasteiger partial charge in [0.2, 0.25) is 10.0 Å². The van der Waals surface area contributed by atoms with Crippen molar-refractivity contribution in [2.75, 3.05) is 17.7 Å². The van der Waals surface area contributed by atoms with Crippen molar-refractivity contribution in [3.8, 4) is 11.4 Å². The van der Waals surface area contributed by atoms with Gasteiger partial charge in [0.25, 0.3) is 5.56 Å². The van der Waals surface area contributed by atoms with Gasteiger partial charge in [-0.2, -0.15) is 5.10 Å². The number of anilines is 1. The quantitative estimate of drug-likeness (QED) is 0.172. The molecule has 3 aromatic heterocycles. The van der Waals surface area contributed by atoms with Gasteiger partial charge < -0.3 is 15.2 Å². The first-order valence-electron chi connectivity index (χ1n) is 14.9. The van der Waals surface area contributed by atoms with E-state index in [0.29, 0.717) is 21.9 Å². The summed E-state index contributed by atoms with van der Waals surface area (Å²) in [4.78, 5) is 35.4. The first-order valence-corrected chi connectivity index (χ1v) is 18.0. The molecule has 1 atom stereocenters. The SMILES string of the molecule is COc1ccc(CN(c2nn(C)c3c(-n4c([C@H](Cc5cc(F)cc(F)c5)NC(=O)O)nc5ncc(Br)cc5c4=O)ccc(Cl)c23)S(C)(=O)=O)cc1. The van der Waals surface area contributed by atoms with Crippen LogP contribution in [0.15, 0.2) is 76.1 Å². The van der Waals surface area contributed by atoms with Gasteiger partial charge in [0.1, 0.15) is 23.2 Å². The lowest BCUT2D eigenvalue weighted by molar-refractivity contribution is 0.189. The molecule has 0 spiro atoms. The van der Waals surface area contributed by atoms with E-state index >= 15 is 0 Å². The van der Waals surface area contributed by atoms with Crippen molar-refractivity contribution < 1.29 is 31.8 Å². The number of carbonyl (C=O) groups is 1. The summed E-state index contributed by atoms with van der Waals surface area (Å²) < 4.78 is 64.3. The molecule has 264 valence electrons. The second-order valence-electron chi connectivity index (χ2n) is 11.5. The molecular formula is C33H27BrClF2N7O6S. The fraction of sp³-hybridized carbons (Fsp3) is 0.182. The zero-order chi connectivity index (χ0) is 36.8. The third-order valence-electron chi connectivity index (χ3n) is 7.95. The van der Waals surface area contributed by atoms with Crippen molar-refractivity contribution in [3.05, 3.63) is 115 Å². The molecule has 0 aliphatic heterocycles. The molecule has 0 aliphatic rings. The molecular weight excluding hydrogens is 776 g/mol. The van der Waals surface area contributed by atoms with Crippen molar-refractivity contribution in [2.24, 2.45) is 7.05 Å². The average Bonchev–Trinajstić information content (AvgIpc) is 3.40. The van der Waals surface area contributed by atoms with E-state index in [0.717, 1.165) is 27.3 Å². The number of pyridine rings is 1. The minimum absolute atomic E-state index is 0.0318. The van der Waals surface area contributed by atoms with Crippen LogP contribution in [0.3, 0.4) is 0 Å². The predicted octanol–water partition coefficient (Wildman–Crippen LogP) is 5.89. The number of carboxylic acid groups (broad SMARTS) is 1. The molecule has 18 heteroatoms. The Hall–Kier alpha value is -5.13. The second kappa shape index (κ2) is 13.9. The van der Waals surface area contributed by atoms with Crippen LogP contribution in [-0.2, 0) is 30.0 Å². The summed E-state index contributed by atoms with van der Waals surface area (Å²) in [6.07, 6.45) is 0.591. The van der Waals surface area contributed by atoms with E-state index in [1.54, 1.807) is 24.3 Å². The van der Waals surface area contributed by atoms with Gasteiger partial charge in [-0.1, -0.05) is 23.7 Å². The zero-order valence-corrected chi connectivity index (χ0v) is 30.1. The van der Waals surface area contributed by atoms with Crippen molar-refractivity contribution in [3.63, 3.8) is 0 Å². The van der Waals surface area contributed by atoms with E-state index in [1.807, 2.05) is 0 Å². The number of halogens is 4. The van der Waals surface area contributed by atoms with Crippen LogP contribution in [0.2, 0.25) is 5.02 Å². The number of aromatic nitrogens is 5. The van der Waals surface area contributed by atoms with Crippen molar-refractivity contribution in [1.82, 2.24) is 29.6 Å². The van der Waals surface area contributed by atoms with Gasteiger partial charge in [-0.25, -0.2) is 36.3 Å². The number of hydrogen-bond donors (Lipinski definition) is 2. The highest BCUT2D eigenvalue weighted by atomic mass is 79.9. The van der Waals surface area contributed by atoms with Gasteiger partial charge in [-0.3, -0.25) is 14.0 Å². The predicted molar refractivity (Wildman–Crippen MR) is 190 cm³/mol. The number of amides is 1. The summed E-state index contributed by atoms with van der Waals surface area (Å²) in [6, 6.07) is 12.6. The summed E-state index contributed by atoms with van der Waals surface area (Å²) in [7, 11) is -0.949. The Balaban J connectivity index is 1.63. The molecule has 6 aromatic rings. The molecule has 1 amide bonds. The molecule has 51 heavy (non-hydrogen) atoms. The van der Waals surface area contributed by atoms with Crippen LogP contribution in [0, 0.1) is 11.6 Å². The van der Waals surface area contributed by atoms with Gasteiger partial charge in [-0.05, 0) is 69.5 Å². The third-order valence-corrected chi connectivity index (χ3v) is 9.80. The molecule has 0 radical (unpaired) electrons. The molecule has 0 bridgehead atoms. The molecule has 0 saturated heterocycles. The lowest BCUT2D eigenvalue weighted by Gasteiger charge is -2.23. The summed E-state index contributed by atoms with van der Waals surface area (Å²) >= 11 is 10.1. The van der Waals surface area contributed by atoms with E-state index < -0.39 is 39.4 Å². The highest BCUT2D eigenvalue weighted by molar-refractivity contribution is 9.10. The number of rotatable bonds is 10. The first-order chi connectivity index (χ1) is 24.1. The fourth-order valence-corrected chi connectivity index (χ4v) is 7.18. The number of methoxy groups -OCH3 is 1. The first kappa shape index (κ1) is 35.7. The maximum atomic E-state index is 14.5. The Morgan fingerprint density at radius 2 is 1.78 bits per heavy atom. The lowest BCUT2D eigenvalue weighted by Crippen LogP contribution is -2.35. The highest BCUT2D eigenvalue weighted by Gasteiger charge is 2.30. The van der Waals surface area contributed by atoms with Crippen LogP contribution in [0.1, 0.15) is 23.0 Å². The Morgan fingerprint density at radius 1 is 1.10 bits per heavy atom. The molecule has 13 nitrogen and oxygen atoms in total. The summed E-state index contributed by atoms with van der Waals surface area (Å²) in [5, 5.41) is 17.0. The monoisotopic (exact) mass is 801 g/mol. The van der Waals surface area contributed by atoms with Crippen LogP contribution in [0.5, 0.6) is 5.75 Å². The maximum absolute atomic E-state index is 14.5. The average molecular weight is 803 g/mol. The largest absolute Gasteiger partial charge is 0.497 e. The van der Waals surface area contributed by atoms with E-state index in [1.165, 1.54) is 43.2 Å². The molecule has 3 heterocycles. The zero-order valence-electron chi connectivity index (χ0n) is 26.9. The van der Waals surface area contributed by atoms with Crippen LogP contribution in [-0.4, -0.2) is 57.3 Å². The standard InChI is InChI=1S/C33H27BrClF2N7O6S/c1-42-28-26(9-8-24(35)27(28)31(41-42)43(51(3,48)49)16-17-4-6-22(50-2)7-5-17)44-30(40-29-23(32(44)45)13-19(34)15-38-29)25(39-33(46)47)12-18-10-20(36)14-21(37)11-18/h4-11,13-15,25,39H,12,16H2,1-3H3,(H,46,47)/t25-/m0/s1. The van der Waals surface area contributed by atoms with Crippen LogP contribution in [0.4, 0.5) is 19.4 Å². The van der Waals surface area contributed by atoms with E-state index in [-0.39, 0.29) is 62.8 Å². The summed E-state index contributed by atoms with van der Waals surface area (Å²) in [5.74, 6) is -1.42. The normalized spacial score (nSPS) is 12.3. The van der Waals surface area contributed by atoms with E-state index in [9.17, 15) is 31.9 Å². The van der Waals surface area contributed by atoms with Gasteiger partial charge in [0.05, 0.1) is 53.0 Å². The number of sulfonamides is 1. The molecule has 3 aromatic carbocycles. The van der Waals surface area contributed by atoms with Crippen molar-refractivity contribution >= 4 is 71.4 Å². The van der Waals surface area contributed by atoms with E-state index in [2.05, 4.69) is 36.3 Å². The van der Waals surface area contributed by atoms with Crippen LogP contribution < -0.4 is 19.9 Å². The molecule has 0 aliphatic carbocycles. The third kappa shape index (κ3) is 7.22. The molecule has 6 rings (SSSR count). The number of hydrogen-bond acceptors (Lipinski definition) is 8.